The lowest BCUT2D eigenvalue weighted by molar-refractivity contribution is -0.125. The van der Waals surface area contributed by atoms with Crippen LogP contribution in [0.5, 0.6) is 5.75 Å². The molecule has 0 unspecified atom stereocenters. The number of rotatable bonds is 5. The molecule has 0 atom stereocenters. The molecular weight excluding hydrogens is 260 g/mol. The average molecular weight is 278 g/mol. The van der Waals surface area contributed by atoms with Gasteiger partial charge in [-0.3, -0.25) is 14.5 Å². The number of ether oxygens (including phenoxy) is 1. The van der Waals surface area contributed by atoms with E-state index in [4.69, 9.17) is 9.84 Å². The Hall–Kier alpha value is -2.08. The molecular formula is C14H18N2O4. The van der Waals surface area contributed by atoms with Gasteiger partial charge < -0.3 is 15.2 Å². The predicted molar refractivity (Wildman–Crippen MR) is 73.5 cm³/mol. The summed E-state index contributed by atoms with van der Waals surface area (Å²) >= 11 is 0. The maximum atomic E-state index is 11.9. The van der Waals surface area contributed by atoms with Gasteiger partial charge >= 0.3 is 0 Å². The third-order valence-corrected chi connectivity index (χ3v) is 3.02. The zero-order valence-electron chi connectivity index (χ0n) is 11.4. The van der Waals surface area contributed by atoms with Gasteiger partial charge in [-0.05, 0) is 24.1 Å². The molecule has 2 rings (SSSR count). The van der Waals surface area contributed by atoms with E-state index >= 15 is 0 Å². The normalized spacial score (nSPS) is 13.7. The monoisotopic (exact) mass is 278 g/mol. The molecule has 1 aliphatic rings. The Morgan fingerprint density at radius 3 is 3.00 bits per heavy atom. The van der Waals surface area contributed by atoms with E-state index < -0.39 is 0 Å². The van der Waals surface area contributed by atoms with Crippen LogP contribution in [0.15, 0.2) is 18.2 Å². The Bertz CT molecular complexity index is 516. The first-order valence-electron chi connectivity index (χ1n) is 6.59. The third kappa shape index (κ3) is 3.08. The lowest BCUT2D eigenvalue weighted by Gasteiger charge is -2.29. The number of aliphatic hydroxyl groups is 1. The zero-order valence-corrected chi connectivity index (χ0v) is 11.4. The minimum Gasteiger partial charge on any atom is -0.482 e. The fourth-order valence-corrected chi connectivity index (χ4v) is 1.98. The van der Waals surface area contributed by atoms with E-state index in [1.54, 1.807) is 18.2 Å². The number of fused-ring (bicyclic) bond motifs is 1. The number of amides is 2. The van der Waals surface area contributed by atoms with Gasteiger partial charge in [0, 0.05) is 6.54 Å². The molecule has 1 aliphatic heterocycles. The van der Waals surface area contributed by atoms with Gasteiger partial charge in [0.25, 0.3) is 5.91 Å². The first kappa shape index (κ1) is 14.3. The number of benzene rings is 1. The molecule has 2 amide bonds. The highest BCUT2D eigenvalue weighted by Gasteiger charge is 2.27. The molecule has 1 aromatic carbocycles. The molecule has 1 aromatic rings. The van der Waals surface area contributed by atoms with Crippen molar-refractivity contribution < 1.29 is 19.4 Å². The lowest BCUT2D eigenvalue weighted by Crippen LogP contribution is -2.45. The summed E-state index contributed by atoms with van der Waals surface area (Å²) in [6.07, 6.45) is 0.846. The zero-order chi connectivity index (χ0) is 14.5. The smallest absolute Gasteiger partial charge is 0.265 e. The van der Waals surface area contributed by atoms with Crippen molar-refractivity contribution in [3.8, 4) is 5.75 Å². The Kier molecular flexibility index (Phi) is 4.57. The van der Waals surface area contributed by atoms with Crippen LogP contribution in [0.1, 0.15) is 18.9 Å². The number of carbonyl (C=O) groups excluding carboxylic acids is 2. The molecule has 0 saturated carbocycles. The highest BCUT2D eigenvalue weighted by atomic mass is 16.5. The lowest BCUT2D eigenvalue weighted by atomic mass is 10.1. The summed E-state index contributed by atoms with van der Waals surface area (Å²) in [5, 5.41) is 11.8. The summed E-state index contributed by atoms with van der Waals surface area (Å²) in [7, 11) is 0. The van der Waals surface area contributed by atoms with E-state index in [0.717, 1.165) is 6.42 Å². The van der Waals surface area contributed by atoms with Crippen LogP contribution in [-0.2, 0) is 16.2 Å². The Balaban J connectivity index is 2.17. The van der Waals surface area contributed by atoms with Gasteiger partial charge in [-0.2, -0.15) is 0 Å². The second kappa shape index (κ2) is 6.38. The topological polar surface area (TPSA) is 78.9 Å². The fourth-order valence-electron chi connectivity index (χ4n) is 1.98. The molecule has 1 heterocycles. The molecule has 0 aliphatic carbocycles. The fraction of sp³-hybridized carbons (Fsp3) is 0.429. The van der Waals surface area contributed by atoms with Crippen molar-refractivity contribution >= 4 is 17.5 Å². The van der Waals surface area contributed by atoms with Crippen molar-refractivity contribution in [1.29, 1.82) is 0 Å². The average Bonchev–Trinajstić information content (AvgIpc) is 2.47. The predicted octanol–water partition coefficient (Wildman–Crippen LogP) is 0.430. The van der Waals surface area contributed by atoms with Crippen LogP contribution in [0.25, 0.3) is 0 Å². The second-order valence-electron chi connectivity index (χ2n) is 4.58. The van der Waals surface area contributed by atoms with Gasteiger partial charge in [0.1, 0.15) is 12.3 Å². The summed E-state index contributed by atoms with van der Waals surface area (Å²) in [6.45, 7) is 2.34. The Morgan fingerprint density at radius 1 is 1.50 bits per heavy atom. The molecule has 2 N–H and O–H groups in total. The number of carbonyl (C=O) groups is 2. The maximum Gasteiger partial charge on any atom is 0.265 e. The Morgan fingerprint density at radius 2 is 2.30 bits per heavy atom. The van der Waals surface area contributed by atoms with Crippen LogP contribution in [0.4, 0.5) is 5.69 Å². The molecule has 0 radical (unpaired) electrons. The van der Waals surface area contributed by atoms with Gasteiger partial charge in [-0.25, -0.2) is 0 Å². The van der Waals surface area contributed by atoms with Crippen LogP contribution < -0.4 is 15.0 Å². The molecule has 0 fully saturated rings. The second-order valence-corrected chi connectivity index (χ2v) is 4.58. The van der Waals surface area contributed by atoms with E-state index in [1.165, 1.54) is 4.90 Å². The number of hydrogen-bond acceptors (Lipinski definition) is 4. The SMILES string of the molecule is CCCNC(=O)CN1C(=O)COc2cc(CO)ccc21. The number of nitrogens with one attached hydrogen (secondary N) is 1. The molecule has 6 nitrogen and oxygen atoms in total. The van der Waals surface area contributed by atoms with Crippen LogP contribution in [0, 0.1) is 0 Å². The number of nitrogens with zero attached hydrogens (tertiary/aromatic N) is 1. The van der Waals surface area contributed by atoms with Crippen molar-refractivity contribution in [3.05, 3.63) is 23.8 Å². The molecule has 0 saturated heterocycles. The molecule has 0 aromatic heterocycles. The molecule has 0 bridgehead atoms. The van der Waals surface area contributed by atoms with E-state index in [1.807, 2.05) is 6.92 Å². The van der Waals surface area contributed by atoms with Crippen LogP contribution in [0.2, 0.25) is 0 Å². The molecule has 108 valence electrons. The standard InChI is InChI=1S/C14H18N2O4/c1-2-5-15-13(18)7-16-11-4-3-10(8-17)6-12(11)20-9-14(16)19/h3-4,6,17H,2,5,7-9H2,1H3,(H,15,18). The highest BCUT2D eigenvalue weighted by Crippen LogP contribution is 2.32. The molecule has 0 spiro atoms. The summed E-state index contributed by atoms with van der Waals surface area (Å²) < 4.78 is 5.34. The summed E-state index contributed by atoms with van der Waals surface area (Å²) in [4.78, 5) is 25.1. The van der Waals surface area contributed by atoms with Crippen molar-refractivity contribution in [3.63, 3.8) is 0 Å². The maximum absolute atomic E-state index is 11.9. The van der Waals surface area contributed by atoms with Crippen molar-refractivity contribution in [2.75, 3.05) is 24.6 Å². The molecule has 6 heteroatoms. The van der Waals surface area contributed by atoms with Crippen molar-refractivity contribution in [2.24, 2.45) is 0 Å². The van der Waals surface area contributed by atoms with Crippen molar-refractivity contribution in [1.82, 2.24) is 5.32 Å². The van der Waals surface area contributed by atoms with E-state index in [9.17, 15) is 9.59 Å². The quantitative estimate of drug-likeness (QED) is 0.818. The minimum absolute atomic E-state index is 0.0202. The van der Waals surface area contributed by atoms with Gasteiger partial charge in [-0.1, -0.05) is 13.0 Å². The summed E-state index contributed by atoms with van der Waals surface area (Å²) in [5.74, 6) is 0.0691. The van der Waals surface area contributed by atoms with Gasteiger partial charge in [-0.15, -0.1) is 0 Å². The van der Waals surface area contributed by atoms with Gasteiger partial charge in [0.2, 0.25) is 5.91 Å². The Labute approximate surface area is 117 Å². The number of hydrogen-bond donors (Lipinski definition) is 2. The van der Waals surface area contributed by atoms with Gasteiger partial charge in [0.15, 0.2) is 6.61 Å². The first-order valence-corrected chi connectivity index (χ1v) is 6.59. The number of aliphatic hydroxyl groups excluding tert-OH is 1. The van der Waals surface area contributed by atoms with Crippen LogP contribution in [0.3, 0.4) is 0 Å². The van der Waals surface area contributed by atoms with Crippen LogP contribution in [-0.4, -0.2) is 36.6 Å². The van der Waals surface area contributed by atoms with Gasteiger partial charge in [0.05, 0.1) is 12.3 Å². The largest absolute Gasteiger partial charge is 0.482 e. The third-order valence-electron chi connectivity index (χ3n) is 3.02. The van der Waals surface area contributed by atoms with Crippen LogP contribution >= 0.6 is 0 Å². The number of anilines is 1. The van der Waals surface area contributed by atoms with Crippen molar-refractivity contribution in [2.45, 2.75) is 20.0 Å². The molecule has 20 heavy (non-hydrogen) atoms. The summed E-state index contributed by atoms with van der Waals surface area (Å²) in [5.41, 5.74) is 1.26. The minimum atomic E-state index is -0.249. The first-order chi connectivity index (χ1) is 9.65. The van der Waals surface area contributed by atoms with E-state index in [2.05, 4.69) is 5.32 Å². The summed E-state index contributed by atoms with van der Waals surface area (Å²) in [6, 6.07) is 5.07. The van der Waals surface area contributed by atoms with E-state index in [0.29, 0.717) is 23.5 Å². The van der Waals surface area contributed by atoms with E-state index in [-0.39, 0.29) is 31.6 Å². The highest BCUT2D eigenvalue weighted by molar-refractivity contribution is 6.02.